The molecular weight excluding hydrogens is 220 g/mol. The van der Waals surface area contributed by atoms with Crippen molar-refractivity contribution in [2.45, 2.75) is 45.7 Å². The molecule has 0 rings (SSSR count). The summed E-state index contributed by atoms with van der Waals surface area (Å²) in [5.41, 5.74) is -0.636. The van der Waals surface area contributed by atoms with Crippen molar-refractivity contribution in [3.05, 3.63) is 0 Å². The fraction of sp³-hybridized carbons (Fsp3) is 0.875. The molecule has 0 aliphatic rings. The molecule has 0 aliphatic carbocycles. The van der Waals surface area contributed by atoms with Crippen LogP contribution in [0.15, 0.2) is 0 Å². The van der Waals surface area contributed by atoms with Crippen LogP contribution in [0, 0.1) is 0 Å². The lowest BCUT2D eigenvalue weighted by atomic mass is 10.1. The van der Waals surface area contributed by atoms with Crippen LogP contribution >= 0.6 is 0 Å². The molecule has 0 amide bonds. The zero-order valence-electron chi connectivity index (χ0n) is 9.36. The van der Waals surface area contributed by atoms with E-state index < -0.39 is 27.8 Å². The third-order valence-electron chi connectivity index (χ3n) is 1.44. The first-order valence-corrected chi connectivity index (χ1v) is 6.10. The van der Waals surface area contributed by atoms with Crippen molar-refractivity contribution < 1.29 is 18.3 Å². The molecule has 0 saturated heterocycles. The number of nitrogens with one attached hydrogen (secondary N) is 2. The molecule has 0 radical (unpaired) electrons. The standard InChI is InChI=1S/C8H18N2O4S/c1-5-6(7(11)12)9-15(13,14)10-8(2,3)4/h6,9-10H,5H2,1-4H3,(H,11,12). The van der Waals surface area contributed by atoms with Gasteiger partial charge in [-0.05, 0) is 27.2 Å². The Morgan fingerprint density at radius 3 is 2.13 bits per heavy atom. The minimum absolute atomic E-state index is 0.195. The Bertz CT molecular complexity index is 318. The molecule has 90 valence electrons. The highest BCUT2D eigenvalue weighted by Gasteiger charge is 2.25. The van der Waals surface area contributed by atoms with Gasteiger partial charge in [0.15, 0.2) is 0 Å². The van der Waals surface area contributed by atoms with Crippen LogP contribution in [0.3, 0.4) is 0 Å². The predicted octanol–water partition coefficient (Wildman–Crippen LogP) is 0.0721. The molecule has 0 aromatic heterocycles. The van der Waals surface area contributed by atoms with Crippen LogP contribution in [0.25, 0.3) is 0 Å². The van der Waals surface area contributed by atoms with Crippen LogP contribution in [-0.4, -0.2) is 31.1 Å². The van der Waals surface area contributed by atoms with Crippen molar-refractivity contribution in [1.82, 2.24) is 9.44 Å². The van der Waals surface area contributed by atoms with Crippen LogP contribution in [0.1, 0.15) is 34.1 Å². The largest absolute Gasteiger partial charge is 0.480 e. The molecule has 0 bridgehead atoms. The van der Waals surface area contributed by atoms with E-state index in [0.29, 0.717) is 0 Å². The lowest BCUT2D eigenvalue weighted by Crippen LogP contribution is -2.51. The maximum absolute atomic E-state index is 11.4. The van der Waals surface area contributed by atoms with Crippen molar-refractivity contribution >= 4 is 16.2 Å². The van der Waals surface area contributed by atoms with Gasteiger partial charge in [0.2, 0.25) is 0 Å². The molecular formula is C8H18N2O4S. The molecule has 0 spiro atoms. The zero-order valence-corrected chi connectivity index (χ0v) is 10.2. The summed E-state index contributed by atoms with van der Waals surface area (Å²) < 4.78 is 27.2. The third kappa shape index (κ3) is 6.43. The number of rotatable bonds is 5. The minimum atomic E-state index is -3.78. The van der Waals surface area contributed by atoms with E-state index in [1.54, 1.807) is 27.7 Å². The average molecular weight is 238 g/mol. The first-order chi connectivity index (χ1) is 6.57. The minimum Gasteiger partial charge on any atom is -0.480 e. The maximum Gasteiger partial charge on any atom is 0.321 e. The zero-order chi connectivity index (χ0) is 12.3. The smallest absolute Gasteiger partial charge is 0.321 e. The Morgan fingerprint density at radius 1 is 1.40 bits per heavy atom. The summed E-state index contributed by atoms with van der Waals surface area (Å²) in [6, 6.07) is -1.09. The number of carbonyl (C=O) groups is 1. The van der Waals surface area contributed by atoms with Gasteiger partial charge in [0.25, 0.3) is 10.2 Å². The van der Waals surface area contributed by atoms with E-state index in [4.69, 9.17) is 5.11 Å². The Morgan fingerprint density at radius 2 is 1.87 bits per heavy atom. The molecule has 0 fully saturated rings. The van der Waals surface area contributed by atoms with Gasteiger partial charge >= 0.3 is 5.97 Å². The molecule has 3 N–H and O–H groups in total. The van der Waals surface area contributed by atoms with Crippen molar-refractivity contribution in [3.63, 3.8) is 0 Å². The normalized spacial score (nSPS) is 14.9. The monoisotopic (exact) mass is 238 g/mol. The van der Waals surface area contributed by atoms with Crippen molar-refractivity contribution in [3.8, 4) is 0 Å². The van der Waals surface area contributed by atoms with Gasteiger partial charge in [-0.15, -0.1) is 0 Å². The van der Waals surface area contributed by atoms with Gasteiger partial charge < -0.3 is 5.11 Å². The molecule has 6 nitrogen and oxygen atoms in total. The van der Waals surface area contributed by atoms with Gasteiger partial charge in [0, 0.05) is 5.54 Å². The molecule has 0 saturated carbocycles. The van der Waals surface area contributed by atoms with E-state index in [9.17, 15) is 13.2 Å². The molecule has 7 heteroatoms. The van der Waals surface area contributed by atoms with E-state index in [1.165, 1.54) is 0 Å². The molecule has 15 heavy (non-hydrogen) atoms. The van der Waals surface area contributed by atoms with Gasteiger partial charge in [-0.25, -0.2) is 0 Å². The van der Waals surface area contributed by atoms with E-state index in [-0.39, 0.29) is 6.42 Å². The van der Waals surface area contributed by atoms with Crippen molar-refractivity contribution in [2.24, 2.45) is 0 Å². The van der Waals surface area contributed by atoms with Gasteiger partial charge in [0.1, 0.15) is 6.04 Å². The fourth-order valence-corrected chi connectivity index (χ4v) is 2.44. The Balaban J connectivity index is 4.57. The third-order valence-corrected chi connectivity index (χ3v) is 2.92. The van der Waals surface area contributed by atoms with Crippen molar-refractivity contribution in [1.29, 1.82) is 0 Å². The molecule has 1 atom stereocenters. The lowest BCUT2D eigenvalue weighted by molar-refractivity contribution is -0.139. The lowest BCUT2D eigenvalue weighted by Gasteiger charge is -2.22. The second-order valence-electron chi connectivity index (χ2n) is 4.27. The number of carboxylic acid groups (broad SMARTS) is 1. The number of hydrogen-bond acceptors (Lipinski definition) is 3. The average Bonchev–Trinajstić information content (AvgIpc) is 1.94. The summed E-state index contributed by atoms with van der Waals surface area (Å²) in [6.07, 6.45) is 0.195. The highest BCUT2D eigenvalue weighted by molar-refractivity contribution is 7.87. The maximum atomic E-state index is 11.4. The second kappa shape index (κ2) is 4.91. The van der Waals surface area contributed by atoms with E-state index in [1.807, 2.05) is 0 Å². The van der Waals surface area contributed by atoms with Crippen LogP contribution in [0.4, 0.5) is 0 Å². The summed E-state index contributed by atoms with van der Waals surface area (Å²) in [6.45, 7) is 6.62. The van der Waals surface area contributed by atoms with E-state index in [0.717, 1.165) is 0 Å². The Kier molecular flexibility index (Phi) is 4.69. The van der Waals surface area contributed by atoms with Gasteiger partial charge in [-0.1, -0.05) is 6.92 Å². The molecule has 0 aromatic rings. The summed E-state index contributed by atoms with van der Waals surface area (Å²) in [7, 11) is -3.78. The van der Waals surface area contributed by atoms with Gasteiger partial charge in [0.05, 0.1) is 0 Å². The van der Waals surface area contributed by atoms with Crippen LogP contribution < -0.4 is 9.44 Å². The predicted molar refractivity (Wildman–Crippen MR) is 56.7 cm³/mol. The number of aliphatic carboxylic acids is 1. The molecule has 0 aromatic carbocycles. The quantitative estimate of drug-likeness (QED) is 0.631. The summed E-state index contributed by atoms with van der Waals surface area (Å²) in [5, 5.41) is 8.68. The van der Waals surface area contributed by atoms with Gasteiger partial charge in [-0.3, -0.25) is 4.79 Å². The highest BCUT2D eigenvalue weighted by atomic mass is 32.2. The second-order valence-corrected chi connectivity index (χ2v) is 5.72. The highest BCUT2D eigenvalue weighted by Crippen LogP contribution is 2.02. The number of hydrogen-bond donors (Lipinski definition) is 3. The van der Waals surface area contributed by atoms with Crippen molar-refractivity contribution in [2.75, 3.05) is 0 Å². The van der Waals surface area contributed by atoms with Crippen LogP contribution in [0.5, 0.6) is 0 Å². The Hall–Kier alpha value is -0.660. The molecule has 1 unspecified atom stereocenters. The first kappa shape index (κ1) is 14.3. The fourth-order valence-electron chi connectivity index (χ4n) is 0.928. The summed E-state index contributed by atoms with van der Waals surface area (Å²) >= 11 is 0. The first-order valence-electron chi connectivity index (χ1n) is 4.61. The van der Waals surface area contributed by atoms with E-state index in [2.05, 4.69) is 9.44 Å². The van der Waals surface area contributed by atoms with E-state index >= 15 is 0 Å². The Labute approximate surface area is 90.2 Å². The summed E-state index contributed by atoms with van der Waals surface area (Å²) in [4.78, 5) is 10.6. The van der Waals surface area contributed by atoms with Gasteiger partial charge in [-0.2, -0.15) is 17.9 Å². The van der Waals surface area contributed by atoms with Crippen LogP contribution in [-0.2, 0) is 15.0 Å². The molecule has 0 heterocycles. The SMILES string of the molecule is CCC(NS(=O)(=O)NC(C)(C)C)C(=O)O. The summed E-state index contributed by atoms with van der Waals surface area (Å²) in [5.74, 6) is -1.18. The molecule has 0 aliphatic heterocycles. The number of carboxylic acids is 1. The van der Waals surface area contributed by atoms with Crippen LogP contribution in [0.2, 0.25) is 0 Å². The topological polar surface area (TPSA) is 95.5 Å².